The maximum Gasteiger partial charge on any atom is 0.216 e. The third-order valence-corrected chi connectivity index (χ3v) is 2.33. The van der Waals surface area contributed by atoms with Gasteiger partial charge in [0.05, 0.1) is 11.5 Å². The summed E-state index contributed by atoms with van der Waals surface area (Å²) in [6.45, 7) is 0. The molecule has 0 amide bonds. The number of hydrogen-bond donors (Lipinski definition) is 0. The molecular formula is C9H7FN2O. The fourth-order valence-electron chi connectivity index (χ4n) is 1.37. The van der Waals surface area contributed by atoms with Gasteiger partial charge in [-0.05, 0) is 18.9 Å². The molecule has 66 valence electrons. The summed E-state index contributed by atoms with van der Waals surface area (Å²) < 4.78 is 13.2. The van der Waals surface area contributed by atoms with Crippen molar-refractivity contribution < 1.29 is 9.12 Å². The minimum absolute atomic E-state index is 0.405. The van der Waals surface area contributed by atoms with Crippen molar-refractivity contribution in [2.24, 2.45) is 0 Å². The van der Waals surface area contributed by atoms with E-state index in [1.165, 1.54) is 12.3 Å². The normalized spacial score (nSPS) is 17.8. The first-order valence-corrected chi connectivity index (χ1v) is 3.97. The van der Waals surface area contributed by atoms with E-state index in [9.17, 15) is 9.60 Å². The van der Waals surface area contributed by atoms with Gasteiger partial charge >= 0.3 is 0 Å². The number of nitrogens with zero attached hydrogens (tertiary/aromatic N) is 2. The lowest BCUT2D eigenvalue weighted by atomic mass is 10.00. The van der Waals surface area contributed by atoms with Gasteiger partial charge in [0.2, 0.25) is 6.20 Å². The van der Waals surface area contributed by atoms with Crippen LogP contribution in [-0.4, -0.2) is 0 Å². The minimum Gasteiger partial charge on any atom is -0.619 e. The summed E-state index contributed by atoms with van der Waals surface area (Å²) in [5.74, 6) is -0.589. The van der Waals surface area contributed by atoms with E-state index in [-0.39, 0.29) is 0 Å². The molecule has 13 heavy (non-hydrogen) atoms. The van der Waals surface area contributed by atoms with E-state index in [0.29, 0.717) is 23.1 Å². The lowest BCUT2D eigenvalue weighted by Gasteiger charge is -2.04. The van der Waals surface area contributed by atoms with Crippen LogP contribution in [0.5, 0.6) is 0 Å². The topological polar surface area (TPSA) is 50.7 Å². The number of pyridine rings is 1. The van der Waals surface area contributed by atoms with E-state index >= 15 is 0 Å². The molecule has 0 bridgehead atoms. The van der Waals surface area contributed by atoms with Crippen molar-refractivity contribution in [3.63, 3.8) is 0 Å². The zero-order valence-corrected chi connectivity index (χ0v) is 6.83. The Morgan fingerprint density at radius 2 is 2.23 bits per heavy atom. The molecule has 0 aromatic carbocycles. The molecule has 1 saturated carbocycles. The van der Waals surface area contributed by atoms with Gasteiger partial charge < -0.3 is 5.21 Å². The number of nitriles is 1. The minimum atomic E-state index is -0.589. The first-order valence-electron chi connectivity index (χ1n) is 3.97. The first kappa shape index (κ1) is 7.99. The average Bonchev–Trinajstić information content (AvgIpc) is 2.82. The summed E-state index contributed by atoms with van der Waals surface area (Å²) in [5, 5.41) is 19.7. The second-order valence-corrected chi connectivity index (χ2v) is 3.30. The van der Waals surface area contributed by atoms with E-state index in [1.54, 1.807) is 0 Å². The molecular weight excluding hydrogens is 171 g/mol. The van der Waals surface area contributed by atoms with Crippen molar-refractivity contribution in [1.82, 2.24) is 0 Å². The van der Waals surface area contributed by atoms with Crippen molar-refractivity contribution >= 4 is 0 Å². The number of aromatic nitrogens is 1. The summed E-state index contributed by atoms with van der Waals surface area (Å²) in [4.78, 5) is 0. The predicted octanol–water partition coefficient (Wildman–Crippen LogP) is 1.01. The number of halogens is 1. The average molecular weight is 178 g/mol. The third-order valence-electron chi connectivity index (χ3n) is 2.33. The van der Waals surface area contributed by atoms with E-state index in [1.807, 2.05) is 0 Å². The second kappa shape index (κ2) is 2.43. The molecule has 0 N–H and O–H groups in total. The molecule has 0 atom stereocenters. The van der Waals surface area contributed by atoms with Crippen LogP contribution in [0.2, 0.25) is 0 Å². The molecule has 1 aliphatic carbocycles. The molecule has 0 spiro atoms. The second-order valence-electron chi connectivity index (χ2n) is 3.30. The van der Waals surface area contributed by atoms with Gasteiger partial charge in [-0.25, -0.2) is 4.39 Å². The van der Waals surface area contributed by atoms with E-state index in [4.69, 9.17) is 5.26 Å². The standard InChI is InChI=1S/C9H7FN2O/c10-8-3-7(4-12(13)5-8)9(6-11)1-2-9/h3-5H,1-2H2. The van der Waals surface area contributed by atoms with Crippen LogP contribution in [0.1, 0.15) is 18.4 Å². The fourth-order valence-corrected chi connectivity index (χ4v) is 1.37. The smallest absolute Gasteiger partial charge is 0.216 e. The molecule has 1 aliphatic rings. The molecule has 3 nitrogen and oxygen atoms in total. The molecule has 1 aromatic heterocycles. The van der Waals surface area contributed by atoms with Gasteiger partial charge in [0, 0.05) is 5.56 Å². The zero-order chi connectivity index (χ0) is 9.47. The quantitative estimate of drug-likeness (QED) is 0.476. The Bertz CT molecular complexity index is 373. The summed E-state index contributed by atoms with van der Waals surface area (Å²) in [6.07, 6.45) is 3.54. The molecule has 0 unspecified atom stereocenters. The van der Waals surface area contributed by atoms with Crippen molar-refractivity contribution in [1.29, 1.82) is 5.26 Å². The molecule has 2 rings (SSSR count). The molecule has 1 aromatic rings. The van der Waals surface area contributed by atoms with Gasteiger partial charge in [0.15, 0.2) is 12.0 Å². The van der Waals surface area contributed by atoms with Crippen LogP contribution < -0.4 is 4.73 Å². The third kappa shape index (κ3) is 1.22. The SMILES string of the molecule is N#CC1(c2cc(F)c[n+]([O-])c2)CC1. The molecule has 0 radical (unpaired) electrons. The molecule has 0 saturated heterocycles. The lowest BCUT2D eigenvalue weighted by Crippen LogP contribution is -2.27. The Kier molecular flexibility index (Phi) is 1.49. The van der Waals surface area contributed by atoms with E-state index in [2.05, 4.69) is 6.07 Å². The van der Waals surface area contributed by atoms with Crippen molar-refractivity contribution in [3.05, 3.63) is 35.0 Å². The Morgan fingerprint density at radius 1 is 1.54 bits per heavy atom. The predicted molar refractivity (Wildman–Crippen MR) is 41.9 cm³/mol. The van der Waals surface area contributed by atoms with E-state index < -0.39 is 11.2 Å². The number of hydrogen-bond acceptors (Lipinski definition) is 2. The van der Waals surface area contributed by atoms with Crippen LogP contribution in [0.15, 0.2) is 18.5 Å². The van der Waals surface area contributed by atoms with Gasteiger partial charge in [0.1, 0.15) is 0 Å². The Labute approximate surface area is 74.6 Å². The largest absolute Gasteiger partial charge is 0.619 e. The van der Waals surface area contributed by atoms with Crippen molar-refractivity contribution in [2.75, 3.05) is 0 Å². The van der Waals surface area contributed by atoms with Gasteiger partial charge in [-0.2, -0.15) is 9.99 Å². The van der Waals surface area contributed by atoms with Crippen LogP contribution in [0, 0.1) is 22.4 Å². The van der Waals surface area contributed by atoms with Crippen LogP contribution in [0.4, 0.5) is 4.39 Å². The van der Waals surface area contributed by atoms with Crippen LogP contribution in [0.25, 0.3) is 0 Å². The zero-order valence-electron chi connectivity index (χ0n) is 6.83. The number of rotatable bonds is 1. The van der Waals surface area contributed by atoms with Gasteiger partial charge in [0.25, 0.3) is 0 Å². The summed E-state index contributed by atoms with van der Waals surface area (Å²) in [7, 11) is 0. The first-order chi connectivity index (χ1) is 6.16. The Morgan fingerprint density at radius 3 is 2.69 bits per heavy atom. The molecule has 4 heteroatoms. The summed E-state index contributed by atoms with van der Waals surface area (Å²) >= 11 is 0. The van der Waals surface area contributed by atoms with Crippen molar-refractivity contribution in [2.45, 2.75) is 18.3 Å². The highest BCUT2D eigenvalue weighted by Gasteiger charge is 2.46. The maximum atomic E-state index is 12.8. The molecule has 0 aliphatic heterocycles. The highest BCUT2D eigenvalue weighted by Crippen LogP contribution is 2.47. The Balaban J connectivity index is 2.48. The van der Waals surface area contributed by atoms with Crippen LogP contribution >= 0.6 is 0 Å². The highest BCUT2D eigenvalue weighted by atomic mass is 19.1. The molecule has 1 fully saturated rings. The van der Waals surface area contributed by atoms with Gasteiger partial charge in [-0.3, -0.25) is 0 Å². The Hall–Kier alpha value is -1.63. The highest BCUT2D eigenvalue weighted by molar-refractivity contribution is 5.36. The maximum absolute atomic E-state index is 12.8. The van der Waals surface area contributed by atoms with Crippen LogP contribution in [-0.2, 0) is 5.41 Å². The van der Waals surface area contributed by atoms with Crippen LogP contribution in [0.3, 0.4) is 0 Å². The monoisotopic (exact) mass is 178 g/mol. The van der Waals surface area contributed by atoms with E-state index in [0.717, 1.165) is 6.20 Å². The van der Waals surface area contributed by atoms with Crippen molar-refractivity contribution in [3.8, 4) is 6.07 Å². The molecule has 1 heterocycles. The summed E-state index contributed by atoms with van der Waals surface area (Å²) in [5.41, 5.74) is -0.0983. The van der Waals surface area contributed by atoms with Gasteiger partial charge in [-0.15, -0.1) is 0 Å². The summed E-state index contributed by atoms with van der Waals surface area (Å²) in [6, 6.07) is 3.36. The fraction of sp³-hybridized carbons (Fsp3) is 0.333. The lowest BCUT2D eigenvalue weighted by molar-refractivity contribution is -0.607. The van der Waals surface area contributed by atoms with Gasteiger partial charge in [-0.1, -0.05) is 0 Å².